The monoisotopic (exact) mass is 222 g/mol. The van der Waals surface area contributed by atoms with Gasteiger partial charge in [-0.1, -0.05) is 13.8 Å². The predicted octanol–water partition coefficient (Wildman–Crippen LogP) is 1.61. The fourth-order valence-corrected chi connectivity index (χ4v) is 0.220. The topological polar surface area (TPSA) is 87.0 Å². The van der Waals surface area contributed by atoms with Crippen molar-refractivity contribution in [1.29, 1.82) is 0 Å². The van der Waals surface area contributed by atoms with E-state index in [0.717, 1.165) is 0 Å². The molecule has 0 fully saturated rings. The van der Waals surface area contributed by atoms with E-state index < -0.39 is 11.4 Å². The fourth-order valence-electron chi connectivity index (χ4n) is 0.220. The van der Waals surface area contributed by atoms with Crippen LogP contribution in [0.25, 0.3) is 0 Å². The summed E-state index contributed by atoms with van der Waals surface area (Å²) in [5, 5.41) is 24.7. The first-order chi connectivity index (χ1) is 6.56. The maximum atomic E-state index is 10.0. The molecule has 92 valence electrons. The average Bonchev–Trinajstić information content (AvgIpc) is 2.03. The third-order valence-electron chi connectivity index (χ3n) is 1.52. The van der Waals surface area contributed by atoms with E-state index in [9.17, 15) is 4.79 Å². The van der Waals surface area contributed by atoms with Gasteiger partial charge in [-0.05, 0) is 20.8 Å². The van der Waals surface area contributed by atoms with Crippen LogP contribution in [-0.2, 0) is 9.68 Å². The maximum absolute atomic E-state index is 10.0. The zero-order chi connectivity index (χ0) is 12.7. The van der Waals surface area contributed by atoms with Gasteiger partial charge < -0.3 is 10.2 Å². The maximum Gasteiger partial charge on any atom is 0.308 e. The highest BCUT2D eigenvalue weighted by molar-refractivity contribution is 5.72. The molecular formula is C10H22O5. The zero-order valence-corrected chi connectivity index (χ0v) is 10.1. The van der Waals surface area contributed by atoms with Gasteiger partial charge in [0.1, 0.15) is 0 Å². The molecule has 0 aliphatic heterocycles. The first-order valence-corrected chi connectivity index (χ1v) is 4.67. The van der Waals surface area contributed by atoms with Crippen molar-refractivity contribution in [2.75, 3.05) is 13.2 Å². The third kappa shape index (κ3) is 11.3. The normalized spacial score (nSPS) is 11.7. The van der Waals surface area contributed by atoms with Crippen molar-refractivity contribution < 1.29 is 25.2 Å². The van der Waals surface area contributed by atoms with Crippen molar-refractivity contribution in [3.63, 3.8) is 0 Å². The summed E-state index contributed by atoms with van der Waals surface area (Å²) in [5.41, 5.74) is -0.908. The van der Waals surface area contributed by atoms with Gasteiger partial charge in [-0.15, -0.1) is 0 Å². The molecule has 0 radical (unpaired) electrons. The van der Waals surface area contributed by atoms with Crippen LogP contribution in [0, 0.1) is 10.8 Å². The number of carbonyl (C=O) groups is 1. The number of hydrogen-bond donors (Lipinski definition) is 3. The quantitative estimate of drug-likeness (QED) is 0.499. The van der Waals surface area contributed by atoms with E-state index in [4.69, 9.17) is 15.5 Å². The lowest BCUT2D eigenvalue weighted by atomic mass is 9.97. The summed E-state index contributed by atoms with van der Waals surface area (Å²) in [5.74, 6) is -0.757. The first-order valence-electron chi connectivity index (χ1n) is 4.67. The summed E-state index contributed by atoms with van der Waals surface area (Å²) in [6.07, 6.45) is 0. The summed E-state index contributed by atoms with van der Waals surface area (Å²) < 4.78 is 0. The molecular weight excluding hydrogens is 200 g/mol. The van der Waals surface area contributed by atoms with Crippen LogP contribution in [-0.4, -0.2) is 34.7 Å². The van der Waals surface area contributed by atoms with Gasteiger partial charge >= 0.3 is 5.97 Å². The molecule has 0 saturated heterocycles. The standard InChI is InChI=1S/C5H12O3.C5H10O2/c1-5(2,3-6)4-8-7;1-5(2,3)4(6)7/h6-7H,3-4H2,1-2H3;1-3H3,(H,6,7). The van der Waals surface area contributed by atoms with E-state index >= 15 is 0 Å². The molecule has 0 amide bonds. The highest BCUT2D eigenvalue weighted by Gasteiger charge is 2.18. The molecule has 0 rings (SSSR count). The number of carboxylic acids is 1. The van der Waals surface area contributed by atoms with Crippen molar-refractivity contribution in [1.82, 2.24) is 0 Å². The van der Waals surface area contributed by atoms with Crippen molar-refractivity contribution >= 4 is 5.97 Å². The Balaban J connectivity index is 0. The molecule has 0 aliphatic carbocycles. The van der Waals surface area contributed by atoms with Gasteiger partial charge in [0.2, 0.25) is 0 Å². The van der Waals surface area contributed by atoms with Gasteiger partial charge in [-0.25, -0.2) is 4.89 Å². The van der Waals surface area contributed by atoms with E-state index in [2.05, 4.69) is 4.89 Å². The summed E-state index contributed by atoms with van der Waals surface area (Å²) in [6, 6.07) is 0. The van der Waals surface area contributed by atoms with E-state index in [1.165, 1.54) is 0 Å². The van der Waals surface area contributed by atoms with Crippen LogP contribution in [0.15, 0.2) is 0 Å². The second-order valence-electron chi connectivity index (χ2n) is 5.15. The lowest BCUT2D eigenvalue weighted by molar-refractivity contribution is -0.262. The zero-order valence-electron chi connectivity index (χ0n) is 10.1. The molecule has 0 spiro atoms. The van der Waals surface area contributed by atoms with Gasteiger partial charge in [0, 0.05) is 5.41 Å². The van der Waals surface area contributed by atoms with E-state index in [1.807, 2.05) is 0 Å². The molecule has 0 heterocycles. The molecule has 0 aromatic carbocycles. The van der Waals surface area contributed by atoms with Crippen molar-refractivity contribution in [2.24, 2.45) is 10.8 Å². The Kier molecular flexibility index (Phi) is 7.56. The Bertz CT molecular complexity index is 181. The average molecular weight is 222 g/mol. The minimum Gasteiger partial charge on any atom is -0.481 e. The molecule has 5 nitrogen and oxygen atoms in total. The molecule has 3 N–H and O–H groups in total. The van der Waals surface area contributed by atoms with Crippen molar-refractivity contribution in [2.45, 2.75) is 34.6 Å². The molecule has 0 aromatic rings. The van der Waals surface area contributed by atoms with Crippen LogP contribution >= 0.6 is 0 Å². The summed E-state index contributed by atoms with van der Waals surface area (Å²) in [4.78, 5) is 13.9. The SMILES string of the molecule is CC(C)(C)C(=O)O.CC(C)(CO)COO. The Hall–Kier alpha value is -0.650. The smallest absolute Gasteiger partial charge is 0.308 e. The predicted molar refractivity (Wildman–Crippen MR) is 56.5 cm³/mol. The molecule has 0 aromatic heterocycles. The second-order valence-corrected chi connectivity index (χ2v) is 5.15. The van der Waals surface area contributed by atoms with Crippen LogP contribution in [0.1, 0.15) is 34.6 Å². The molecule has 0 atom stereocenters. The number of carboxylic acid groups (broad SMARTS) is 1. The van der Waals surface area contributed by atoms with Gasteiger partial charge in [0.15, 0.2) is 0 Å². The van der Waals surface area contributed by atoms with Gasteiger partial charge in [-0.2, -0.15) is 0 Å². The number of aliphatic hydroxyl groups is 1. The molecule has 15 heavy (non-hydrogen) atoms. The highest BCUT2D eigenvalue weighted by Crippen LogP contribution is 2.12. The van der Waals surface area contributed by atoms with E-state index in [-0.39, 0.29) is 18.6 Å². The Morgan fingerprint density at radius 1 is 1.20 bits per heavy atom. The lowest BCUT2D eigenvalue weighted by Crippen LogP contribution is -2.22. The van der Waals surface area contributed by atoms with E-state index in [1.54, 1.807) is 34.6 Å². The van der Waals surface area contributed by atoms with Gasteiger partial charge in [0.25, 0.3) is 0 Å². The molecule has 0 saturated carbocycles. The van der Waals surface area contributed by atoms with Crippen molar-refractivity contribution in [3.05, 3.63) is 0 Å². The Morgan fingerprint density at radius 2 is 1.53 bits per heavy atom. The van der Waals surface area contributed by atoms with Gasteiger partial charge in [0.05, 0.1) is 18.6 Å². The highest BCUT2D eigenvalue weighted by atomic mass is 17.1. The van der Waals surface area contributed by atoms with E-state index in [0.29, 0.717) is 0 Å². The molecule has 0 unspecified atom stereocenters. The fraction of sp³-hybridized carbons (Fsp3) is 0.900. The van der Waals surface area contributed by atoms with Crippen LogP contribution in [0.5, 0.6) is 0 Å². The van der Waals surface area contributed by atoms with Crippen molar-refractivity contribution in [3.8, 4) is 0 Å². The molecule has 5 heteroatoms. The first kappa shape index (κ1) is 16.8. The minimum absolute atomic E-state index is 0.0214. The lowest BCUT2D eigenvalue weighted by Gasteiger charge is -2.17. The van der Waals surface area contributed by atoms with Crippen LogP contribution < -0.4 is 0 Å². The largest absolute Gasteiger partial charge is 0.481 e. The number of hydrogen-bond acceptors (Lipinski definition) is 4. The molecule has 0 aliphatic rings. The van der Waals surface area contributed by atoms with Crippen LogP contribution in [0.3, 0.4) is 0 Å². The Labute approximate surface area is 90.6 Å². The number of rotatable bonds is 3. The minimum atomic E-state index is -0.757. The third-order valence-corrected chi connectivity index (χ3v) is 1.52. The Morgan fingerprint density at radius 3 is 1.60 bits per heavy atom. The van der Waals surface area contributed by atoms with Crippen LogP contribution in [0.4, 0.5) is 0 Å². The summed E-state index contributed by atoms with van der Waals surface area (Å²) >= 11 is 0. The summed E-state index contributed by atoms with van der Waals surface area (Å²) in [7, 11) is 0. The van der Waals surface area contributed by atoms with Gasteiger partial charge in [-0.3, -0.25) is 10.1 Å². The number of aliphatic hydroxyl groups excluding tert-OH is 1. The second kappa shape index (κ2) is 6.76. The van der Waals surface area contributed by atoms with Crippen LogP contribution in [0.2, 0.25) is 0 Å². The molecule has 0 bridgehead atoms. The summed E-state index contributed by atoms with van der Waals surface area (Å²) in [6.45, 7) is 8.77. The number of aliphatic carboxylic acids is 1.